The number of nitrogens with zero attached hydrogens (tertiary/aromatic N) is 1. The van der Waals surface area contributed by atoms with Crippen LogP contribution >= 0.6 is 15.9 Å². The second-order valence-corrected chi connectivity index (χ2v) is 6.97. The molecule has 0 aromatic heterocycles. The quantitative estimate of drug-likeness (QED) is 0.817. The van der Waals surface area contributed by atoms with Crippen molar-refractivity contribution >= 4 is 37.3 Å². The van der Waals surface area contributed by atoms with Gasteiger partial charge in [0.05, 0.1) is 22.2 Å². The third kappa shape index (κ3) is 3.35. The van der Waals surface area contributed by atoms with Gasteiger partial charge in [-0.2, -0.15) is 5.26 Å². The number of sulfonamides is 1. The molecule has 21 heavy (non-hydrogen) atoms. The van der Waals surface area contributed by atoms with Crippen molar-refractivity contribution < 1.29 is 8.42 Å². The zero-order valence-electron chi connectivity index (χ0n) is 11.1. The molecule has 0 aliphatic heterocycles. The molecule has 3 N–H and O–H groups in total. The molecular weight excluding hydrogens is 354 g/mol. The van der Waals surface area contributed by atoms with Crippen LogP contribution in [0, 0.1) is 18.3 Å². The van der Waals surface area contributed by atoms with Crippen LogP contribution in [0.1, 0.15) is 11.1 Å². The highest BCUT2D eigenvalue weighted by Crippen LogP contribution is 2.29. The average molecular weight is 366 g/mol. The van der Waals surface area contributed by atoms with Crippen LogP contribution < -0.4 is 10.5 Å². The Morgan fingerprint density at radius 1 is 1.29 bits per heavy atom. The standard InChI is InChI=1S/C14H12BrN3O2S/c1-9-5-12(15)14(7-13(9)17)18-21(19,20)11-4-2-3-10(6-11)8-16/h2-7,18H,17H2,1H3. The summed E-state index contributed by atoms with van der Waals surface area (Å²) < 4.78 is 27.7. The van der Waals surface area contributed by atoms with E-state index in [-0.39, 0.29) is 10.5 Å². The Balaban J connectivity index is 2.42. The molecule has 2 rings (SSSR count). The largest absolute Gasteiger partial charge is 0.398 e. The van der Waals surface area contributed by atoms with E-state index in [9.17, 15) is 8.42 Å². The van der Waals surface area contributed by atoms with Crippen LogP contribution in [0.3, 0.4) is 0 Å². The summed E-state index contributed by atoms with van der Waals surface area (Å²) in [6.07, 6.45) is 0. The minimum atomic E-state index is -3.78. The summed E-state index contributed by atoms with van der Waals surface area (Å²) >= 11 is 3.30. The van der Waals surface area contributed by atoms with Gasteiger partial charge in [0.2, 0.25) is 0 Å². The van der Waals surface area contributed by atoms with E-state index in [0.717, 1.165) is 5.56 Å². The molecule has 0 aliphatic rings. The summed E-state index contributed by atoms with van der Waals surface area (Å²) in [7, 11) is -3.78. The number of halogens is 1. The van der Waals surface area contributed by atoms with Gasteiger partial charge >= 0.3 is 0 Å². The van der Waals surface area contributed by atoms with Crippen molar-refractivity contribution in [2.75, 3.05) is 10.5 Å². The molecule has 0 atom stereocenters. The molecular formula is C14H12BrN3O2S. The average Bonchev–Trinajstić information content (AvgIpc) is 2.44. The molecule has 0 saturated carbocycles. The molecule has 2 aromatic carbocycles. The van der Waals surface area contributed by atoms with Gasteiger partial charge in [-0.1, -0.05) is 6.07 Å². The number of rotatable bonds is 3. The fourth-order valence-corrected chi connectivity index (χ4v) is 3.51. The van der Waals surface area contributed by atoms with Crippen molar-refractivity contribution in [3.8, 4) is 6.07 Å². The number of hydrogen-bond acceptors (Lipinski definition) is 4. The fourth-order valence-electron chi connectivity index (χ4n) is 1.70. The molecule has 0 unspecified atom stereocenters. The van der Waals surface area contributed by atoms with Crippen molar-refractivity contribution in [1.29, 1.82) is 5.26 Å². The fraction of sp³-hybridized carbons (Fsp3) is 0.0714. The van der Waals surface area contributed by atoms with Crippen LogP contribution in [0.5, 0.6) is 0 Å². The summed E-state index contributed by atoms with van der Waals surface area (Å²) in [5.41, 5.74) is 7.75. The maximum Gasteiger partial charge on any atom is 0.261 e. The van der Waals surface area contributed by atoms with Gasteiger partial charge in [0.25, 0.3) is 10.0 Å². The summed E-state index contributed by atoms with van der Waals surface area (Å²) in [6.45, 7) is 1.83. The highest BCUT2D eigenvalue weighted by atomic mass is 79.9. The maximum absolute atomic E-state index is 12.3. The number of nitrogen functional groups attached to an aromatic ring is 1. The molecule has 0 bridgehead atoms. The molecule has 0 spiro atoms. The third-order valence-corrected chi connectivity index (χ3v) is 4.89. The van der Waals surface area contributed by atoms with Crippen molar-refractivity contribution in [1.82, 2.24) is 0 Å². The van der Waals surface area contributed by atoms with E-state index in [2.05, 4.69) is 20.7 Å². The second kappa shape index (κ2) is 5.76. The molecule has 108 valence electrons. The number of nitrogens with one attached hydrogen (secondary N) is 1. The van der Waals surface area contributed by atoms with E-state index in [4.69, 9.17) is 11.0 Å². The number of nitrogens with two attached hydrogens (primary N) is 1. The van der Waals surface area contributed by atoms with E-state index in [1.165, 1.54) is 18.2 Å². The smallest absolute Gasteiger partial charge is 0.261 e. The van der Waals surface area contributed by atoms with Crippen LogP contribution in [-0.2, 0) is 10.0 Å². The van der Waals surface area contributed by atoms with Crippen LogP contribution in [0.25, 0.3) is 0 Å². The van der Waals surface area contributed by atoms with Crippen LogP contribution in [0.15, 0.2) is 45.8 Å². The van der Waals surface area contributed by atoms with E-state index in [1.54, 1.807) is 18.2 Å². The molecule has 2 aromatic rings. The number of benzene rings is 2. The van der Waals surface area contributed by atoms with E-state index < -0.39 is 10.0 Å². The Hall–Kier alpha value is -2.04. The number of nitriles is 1. The lowest BCUT2D eigenvalue weighted by molar-refractivity contribution is 0.601. The SMILES string of the molecule is Cc1cc(Br)c(NS(=O)(=O)c2cccc(C#N)c2)cc1N. The topological polar surface area (TPSA) is 96.0 Å². The van der Waals surface area contributed by atoms with E-state index >= 15 is 0 Å². The van der Waals surface area contributed by atoms with E-state index in [1.807, 2.05) is 13.0 Å². The van der Waals surface area contributed by atoms with Gasteiger partial charge in [-0.25, -0.2) is 8.42 Å². The van der Waals surface area contributed by atoms with Crippen LogP contribution in [-0.4, -0.2) is 8.42 Å². The molecule has 0 fully saturated rings. The lowest BCUT2D eigenvalue weighted by Gasteiger charge is -2.12. The first-order chi connectivity index (χ1) is 9.83. The lowest BCUT2D eigenvalue weighted by Crippen LogP contribution is -2.13. The van der Waals surface area contributed by atoms with Crippen molar-refractivity contribution in [2.24, 2.45) is 0 Å². The summed E-state index contributed by atoms with van der Waals surface area (Å²) in [6, 6.07) is 11.0. The van der Waals surface area contributed by atoms with Gasteiger partial charge in [-0.3, -0.25) is 4.72 Å². The minimum Gasteiger partial charge on any atom is -0.398 e. The van der Waals surface area contributed by atoms with Gasteiger partial charge in [0, 0.05) is 10.2 Å². The zero-order chi connectivity index (χ0) is 15.6. The summed E-state index contributed by atoms with van der Waals surface area (Å²) in [4.78, 5) is 0.0209. The Morgan fingerprint density at radius 3 is 2.67 bits per heavy atom. The highest BCUT2D eigenvalue weighted by molar-refractivity contribution is 9.10. The molecule has 0 aliphatic carbocycles. The molecule has 0 saturated heterocycles. The second-order valence-electron chi connectivity index (χ2n) is 4.43. The predicted molar refractivity (Wildman–Crippen MR) is 85.3 cm³/mol. The first-order valence-corrected chi connectivity index (χ1v) is 8.20. The minimum absolute atomic E-state index is 0.0209. The summed E-state index contributed by atoms with van der Waals surface area (Å²) in [5.74, 6) is 0. The highest BCUT2D eigenvalue weighted by Gasteiger charge is 2.16. The van der Waals surface area contributed by atoms with Crippen molar-refractivity contribution in [2.45, 2.75) is 11.8 Å². The van der Waals surface area contributed by atoms with Gasteiger partial charge < -0.3 is 5.73 Å². The summed E-state index contributed by atoms with van der Waals surface area (Å²) in [5, 5.41) is 8.84. The number of aryl methyl sites for hydroxylation is 1. The first kappa shape index (κ1) is 15.4. The monoisotopic (exact) mass is 365 g/mol. The Bertz CT molecular complexity index is 842. The van der Waals surface area contributed by atoms with Gasteiger partial charge in [0.1, 0.15) is 0 Å². The third-order valence-electron chi connectivity index (χ3n) is 2.87. The normalized spacial score (nSPS) is 10.9. The zero-order valence-corrected chi connectivity index (χ0v) is 13.5. The van der Waals surface area contributed by atoms with Crippen molar-refractivity contribution in [3.05, 3.63) is 52.0 Å². The predicted octanol–water partition coefficient (Wildman–Crippen LogP) is 3.01. The van der Waals surface area contributed by atoms with Gasteiger partial charge in [0.15, 0.2) is 0 Å². The van der Waals surface area contributed by atoms with Crippen LogP contribution in [0.4, 0.5) is 11.4 Å². The van der Waals surface area contributed by atoms with Crippen LogP contribution in [0.2, 0.25) is 0 Å². The first-order valence-electron chi connectivity index (χ1n) is 5.92. The van der Waals surface area contributed by atoms with Gasteiger partial charge in [-0.05, 0) is 58.7 Å². The molecule has 5 nitrogen and oxygen atoms in total. The molecule has 0 amide bonds. The maximum atomic E-state index is 12.3. The number of hydrogen-bond donors (Lipinski definition) is 2. The molecule has 7 heteroatoms. The Kier molecular flexibility index (Phi) is 4.21. The molecule has 0 radical (unpaired) electrons. The Morgan fingerprint density at radius 2 is 2.00 bits per heavy atom. The number of anilines is 2. The van der Waals surface area contributed by atoms with E-state index in [0.29, 0.717) is 15.8 Å². The van der Waals surface area contributed by atoms with Gasteiger partial charge in [-0.15, -0.1) is 0 Å². The molecule has 0 heterocycles. The Labute approximate surface area is 131 Å². The lowest BCUT2D eigenvalue weighted by atomic mass is 10.2. The van der Waals surface area contributed by atoms with Crippen molar-refractivity contribution in [3.63, 3.8) is 0 Å².